The number of fused-ring (bicyclic) bond motifs is 2. The smallest absolute Gasteiger partial charge is 0.0815 e. The normalized spacial score (nSPS) is 11.5. The predicted molar refractivity (Wildman–Crippen MR) is 160 cm³/mol. The Bertz CT molecular complexity index is 1760. The van der Waals surface area contributed by atoms with E-state index >= 15 is 0 Å². The number of aromatic nitrogens is 2. The molecule has 6 rings (SSSR count). The molecule has 0 fully saturated rings. The highest BCUT2D eigenvalue weighted by Gasteiger charge is 2.16. The van der Waals surface area contributed by atoms with Gasteiger partial charge in [-0.25, -0.2) is 4.98 Å². The Kier molecular flexibility index (Phi) is 5.94. The Hall–Kier alpha value is -4.08. The summed E-state index contributed by atoms with van der Waals surface area (Å²) in [6.07, 6.45) is 0. The Morgan fingerprint density at radius 1 is 0.703 bits per heavy atom. The summed E-state index contributed by atoms with van der Waals surface area (Å²) in [7, 11) is 0. The molecule has 0 aliphatic carbocycles. The van der Waals surface area contributed by atoms with Crippen LogP contribution < -0.4 is 0 Å². The first-order chi connectivity index (χ1) is 18.0. The predicted octanol–water partition coefficient (Wildman–Crippen LogP) is 10.0. The molecule has 0 aliphatic heterocycles. The number of hydrogen-bond acceptors (Lipinski definition) is 3. The molecule has 0 bridgehead atoms. The highest BCUT2D eigenvalue weighted by atomic mass is 32.1. The molecule has 0 unspecified atom stereocenters. The maximum absolute atomic E-state index is 5.20. The lowest BCUT2D eigenvalue weighted by Gasteiger charge is -2.15. The summed E-state index contributed by atoms with van der Waals surface area (Å²) in [5.41, 5.74) is 9.88. The molecule has 0 atom stereocenters. The highest BCUT2D eigenvalue weighted by molar-refractivity contribution is 7.16. The summed E-state index contributed by atoms with van der Waals surface area (Å²) in [6, 6.07) is 34.4. The average Bonchev–Trinajstić information content (AvgIpc) is 3.43. The highest BCUT2D eigenvalue weighted by Crippen LogP contribution is 2.39. The topological polar surface area (TPSA) is 25.8 Å². The molecule has 0 amide bonds. The van der Waals surface area contributed by atoms with Gasteiger partial charge in [-0.05, 0) is 77.1 Å². The van der Waals surface area contributed by atoms with Crippen LogP contribution in [-0.4, -0.2) is 9.97 Å². The van der Waals surface area contributed by atoms with Crippen LogP contribution in [0.2, 0.25) is 0 Å². The summed E-state index contributed by atoms with van der Waals surface area (Å²) in [5, 5.41) is 2.24. The van der Waals surface area contributed by atoms with Crippen molar-refractivity contribution in [1.29, 1.82) is 0 Å². The Balaban J connectivity index is 1.68. The van der Waals surface area contributed by atoms with Crippen LogP contribution in [0.25, 0.3) is 60.2 Å². The SMILES string of the molecule is C=C(C)c1ccc(-c2cc(-c3ccccc3)c3cc4nc(C(C)C)cc(-c5ccccc5)c4cc3n2)s1. The fourth-order valence-corrected chi connectivity index (χ4v) is 5.70. The van der Waals surface area contributed by atoms with Crippen molar-refractivity contribution in [1.82, 2.24) is 9.97 Å². The van der Waals surface area contributed by atoms with Crippen LogP contribution in [-0.2, 0) is 0 Å². The van der Waals surface area contributed by atoms with Crippen molar-refractivity contribution in [3.8, 4) is 32.8 Å². The van der Waals surface area contributed by atoms with Gasteiger partial charge in [0.15, 0.2) is 0 Å². The van der Waals surface area contributed by atoms with Crippen molar-refractivity contribution in [2.45, 2.75) is 26.7 Å². The van der Waals surface area contributed by atoms with Crippen LogP contribution in [0.1, 0.15) is 37.3 Å². The monoisotopic (exact) mass is 496 g/mol. The van der Waals surface area contributed by atoms with E-state index in [0.29, 0.717) is 5.92 Å². The molecule has 3 heterocycles. The van der Waals surface area contributed by atoms with Crippen LogP contribution >= 0.6 is 11.3 Å². The summed E-state index contributed by atoms with van der Waals surface area (Å²) in [6.45, 7) is 10.6. The average molecular weight is 497 g/mol. The molecule has 0 radical (unpaired) electrons. The van der Waals surface area contributed by atoms with Gasteiger partial charge in [0.05, 0.1) is 21.6 Å². The largest absolute Gasteiger partial charge is 0.253 e. The van der Waals surface area contributed by atoms with Crippen molar-refractivity contribution in [3.63, 3.8) is 0 Å². The van der Waals surface area contributed by atoms with E-state index in [2.05, 4.69) is 124 Å². The van der Waals surface area contributed by atoms with Crippen LogP contribution in [0, 0.1) is 0 Å². The van der Waals surface area contributed by atoms with Gasteiger partial charge in [-0.15, -0.1) is 11.3 Å². The van der Waals surface area contributed by atoms with Crippen molar-refractivity contribution in [2.24, 2.45) is 0 Å². The molecule has 3 aromatic carbocycles. The van der Waals surface area contributed by atoms with Crippen LogP contribution in [0.5, 0.6) is 0 Å². The number of benzene rings is 3. The van der Waals surface area contributed by atoms with Crippen LogP contribution in [0.4, 0.5) is 0 Å². The van der Waals surface area contributed by atoms with E-state index in [1.807, 2.05) is 0 Å². The number of rotatable bonds is 5. The summed E-state index contributed by atoms with van der Waals surface area (Å²) >= 11 is 1.74. The first-order valence-electron chi connectivity index (χ1n) is 12.6. The van der Waals surface area contributed by atoms with E-state index in [0.717, 1.165) is 43.6 Å². The second-order valence-electron chi connectivity index (χ2n) is 9.87. The number of pyridine rings is 2. The van der Waals surface area contributed by atoms with E-state index in [1.54, 1.807) is 11.3 Å². The molecule has 0 N–H and O–H groups in total. The van der Waals surface area contributed by atoms with Crippen molar-refractivity contribution in [3.05, 3.63) is 114 Å². The Labute approximate surface area is 222 Å². The molecular formula is C34H28N2S. The Morgan fingerprint density at radius 3 is 1.81 bits per heavy atom. The molecule has 2 nitrogen and oxygen atoms in total. The first kappa shape index (κ1) is 23.3. The maximum Gasteiger partial charge on any atom is 0.0815 e. The van der Waals surface area contributed by atoms with Crippen molar-refractivity contribution in [2.75, 3.05) is 0 Å². The third-order valence-corrected chi connectivity index (χ3v) is 8.07. The van der Waals surface area contributed by atoms with Gasteiger partial charge in [-0.2, -0.15) is 0 Å². The zero-order valence-corrected chi connectivity index (χ0v) is 22.1. The maximum atomic E-state index is 5.20. The zero-order valence-electron chi connectivity index (χ0n) is 21.3. The molecule has 6 aromatic rings. The van der Waals surface area contributed by atoms with Gasteiger partial charge in [-0.1, -0.05) is 81.1 Å². The minimum atomic E-state index is 0.331. The molecule has 180 valence electrons. The standard InChI is InChI=1S/C34H28N2S/c1-21(2)29-17-25(23-11-7-5-8-12-23)27-20-31-28(19-30(27)35-29)26(24-13-9-6-10-14-24)18-32(36-31)34-16-15-33(37-34)22(3)4/h5-21H,3H2,1-2,4H3. The quantitative estimate of drug-likeness (QED) is 0.222. The van der Waals surface area contributed by atoms with E-state index in [1.165, 1.54) is 27.1 Å². The Morgan fingerprint density at radius 2 is 1.27 bits per heavy atom. The molecule has 0 spiro atoms. The van der Waals surface area contributed by atoms with Crippen molar-refractivity contribution < 1.29 is 0 Å². The molecule has 37 heavy (non-hydrogen) atoms. The minimum Gasteiger partial charge on any atom is -0.253 e. The summed E-state index contributed by atoms with van der Waals surface area (Å²) in [4.78, 5) is 12.6. The lowest BCUT2D eigenvalue weighted by Crippen LogP contribution is -1.97. The van der Waals surface area contributed by atoms with Crippen molar-refractivity contribution >= 4 is 38.7 Å². The lowest BCUT2D eigenvalue weighted by molar-refractivity contribution is 0.830. The number of allylic oxidation sites excluding steroid dienone is 1. The summed E-state index contributed by atoms with van der Waals surface area (Å²) in [5.74, 6) is 0.331. The van der Waals surface area contributed by atoms with Gasteiger partial charge in [0.2, 0.25) is 0 Å². The van der Waals surface area contributed by atoms with Gasteiger partial charge in [0.25, 0.3) is 0 Å². The van der Waals surface area contributed by atoms with Gasteiger partial charge >= 0.3 is 0 Å². The second kappa shape index (κ2) is 9.42. The lowest BCUT2D eigenvalue weighted by atomic mass is 9.94. The fraction of sp³-hybridized carbons (Fsp3) is 0.118. The summed E-state index contributed by atoms with van der Waals surface area (Å²) < 4.78 is 0. The fourth-order valence-electron chi connectivity index (χ4n) is 4.81. The minimum absolute atomic E-state index is 0.331. The number of hydrogen-bond donors (Lipinski definition) is 0. The van der Waals surface area contributed by atoms with Gasteiger partial charge in [-0.3, -0.25) is 4.98 Å². The van der Waals surface area contributed by atoms with Crippen LogP contribution in [0.3, 0.4) is 0 Å². The molecule has 0 saturated heterocycles. The number of nitrogens with zero attached hydrogens (tertiary/aromatic N) is 2. The first-order valence-corrected chi connectivity index (χ1v) is 13.5. The number of thiophene rings is 1. The molecular weight excluding hydrogens is 468 g/mol. The third kappa shape index (κ3) is 4.36. The van der Waals surface area contributed by atoms with E-state index in [4.69, 9.17) is 9.97 Å². The molecule has 0 aliphatic rings. The van der Waals surface area contributed by atoms with E-state index in [-0.39, 0.29) is 0 Å². The van der Waals surface area contributed by atoms with Gasteiger partial charge in [0, 0.05) is 21.3 Å². The molecule has 3 heteroatoms. The van der Waals surface area contributed by atoms with Gasteiger partial charge in [0.1, 0.15) is 0 Å². The molecule has 0 saturated carbocycles. The van der Waals surface area contributed by atoms with Gasteiger partial charge < -0.3 is 0 Å². The zero-order chi connectivity index (χ0) is 25.5. The third-order valence-electron chi connectivity index (χ3n) is 6.80. The van der Waals surface area contributed by atoms with E-state index < -0.39 is 0 Å². The molecule has 3 aromatic heterocycles. The van der Waals surface area contributed by atoms with E-state index in [9.17, 15) is 0 Å². The second-order valence-corrected chi connectivity index (χ2v) is 11.0. The van der Waals surface area contributed by atoms with Crippen LogP contribution in [0.15, 0.2) is 104 Å².